The molecule has 0 bridgehead atoms. The zero-order valence-electron chi connectivity index (χ0n) is 13.7. The molecule has 0 aromatic carbocycles. The predicted octanol–water partition coefficient (Wildman–Crippen LogP) is 4.16. The van der Waals surface area contributed by atoms with Crippen LogP contribution in [0.1, 0.15) is 17.0 Å². The first-order chi connectivity index (χ1) is 12.9. The Balaban J connectivity index is 2.18. The Hall–Kier alpha value is -3.37. The SMILES string of the molecule is NC(=O)C=Cc1c[nH]c2ncc(-c3cc(C(F)(F)F)nc(C(F)(F)F)c3)cc12. The normalized spacial score (nSPS) is 12.8. The van der Waals surface area contributed by atoms with Crippen molar-refractivity contribution >= 4 is 23.0 Å². The van der Waals surface area contributed by atoms with Crippen LogP contribution in [-0.2, 0) is 17.1 Å². The largest absolute Gasteiger partial charge is 0.433 e. The first-order valence-corrected chi connectivity index (χ1v) is 7.56. The molecular weight excluding hydrogens is 390 g/mol. The number of fused-ring (bicyclic) bond motifs is 1. The van der Waals surface area contributed by atoms with Crippen LogP contribution in [0.2, 0.25) is 0 Å². The van der Waals surface area contributed by atoms with Crippen LogP contribution in [0.25, 0.3) is 28.2 Å². The third-order valence-corrected chi connectivity index (χ3v) is 3.73. The van der Waals surface area contributed by atoms with Gasteiger partial charge in [-0.1, -0.05) is 0 Å². The van der Waals surface area contributed by atoms with Crippen molar-refractivity contribution < 1.29 is 31.1 Å². The van der Waals surface area contributed by atoms with E-state index in [1.807, 2.05) is 0 Å². The molecule has 3 rings (SSSR count). The average molecular weight is 400 g/mol. The van der Waals surface area contributed by atoms with Gasteiger partial charge in [-0.3, -0.25) is 4.79 Å². The molecule has 0 fully saturated rings. The summed E-state index contributed by atoms with van der Waals surface area (Å²) in [6.07, 6.45) is -5.10. The second kappa shape index (κ2) is 6.66. The van der Waals surface area contributed by atoms with E-state index < -0.39 is 29.6 Å². The fourth-order valence-corrected chi connectivity index (χ4v) is 2.48. The third kappa shape index (κ3) is 3.97. The minimum Gasteiger partial charge on any atom is -0.366 e. The van der Waals surface area contributed by atoms with E-state index in [4.69, 9.17) is 5.73 Å². The average Bonchev–Trinajstić information content (AvgIpc) is 3.00. The molecule has 28 heavy (non-hydrogen) atoms. The quantitative estimate of drug-likeness (QED) is 0.512. The lowest BCUT2D eigenvalue weighted by atomic mass is 10.0. The van der Waals surface area contributed by atoms with E-state index in [-0.39, 0.29) is 11.1 Å². The Kier molecular flexibility index (Phi) is 4.61. The number of rotatable bonds is 3. The van der Waals surface area contributed by atoms with Crippen LogP contribution in [0, 0.1) is 0 Å². The molecule has 0 aliphatic rings. The van der Waals surface area contributed by atoms with Crippen LogP contribution >= 0.6 is 0 Å². The zero-order chi connectivity index (χ0) is 20.7. The molecule has 0 saturated heterocycles. The number of hydrogen-bond acceptors (Lipinski definition) is 3. The van der Waals surface area contributed by atoms with E-state index in [2.05, 4.69) is 15.0 Å². The van der Waals surface area contributed by atoms with Crippen molar-refractivity contribution in [2.45, 2.75) is 12.4 Å². The second-order valence-corrected chi connectivity index (χ2v) is 5.72. The van der Waals surface area contributed by atoms with Crippen LogP contribution < -0.4 is 5.73 Å². The van der Waals surface area contributed by atoms with E-state index in [0.29, 0.717) is 28.7 Å². The maximum absolute atomic E-state index is 13.0. The number of primary amides is 1. The lowest BCUT2D eigenvalue weighted by Gasteiger charge is -2.13. The Bertz CT molecular complexity index is 1050. The molecule has 11 heteroatoms. The molecule has 0 radical (unpaired) electrons. The molecule has 1 amide bonds. The minimum absolute atomic E-state index is 0.0132. The highest BCUT2D eigenvalue weighted by molar-refractivity contribution is 5.95. The van der Waals surface area contributed by atoms with Crippen molar-refractivity contribution in [3.63, 3.8) is 0 Å². The molecule has 3 aromatic rings. The summed E-state index contributed by atoms with van der Waals surface area (Å²) in [6, 6.07) is 2.39. The van der Waals surface area contributed by atoms with Gasteiger partial charge in [0.1, 0.15) is 17.0 Å². The van der Waals surface area contributed by atoms with E-state index in [1.165, 1.54) is 18.3 Å². The smallest absolute Gasteiger partial charge is 0.366 e. The minimum atomic E-state index is -5.06. The fraction of sp³-hybridized carbons (Fsp3) is 0.118. The molecule has 3 aromatic heterocycles. The molecule has 0 spiro atoms. The topological polar surface area (TPSA) is 84.7 Å². The summed E-state index contributed by atoms with van der Waals surface area (Å²) in [5.74, 6) is -0.725. The maximum Gasteiger partial charge on any atom is 0.433 e. The molecule has 0 unspecified atom stereocenters. The summed E-state index contributed by atoms with van der Waals surface area (Å²) in [5.41, 5.74) is 2.11. The molecule has 3 heterocycles. The van der Waals surface area contributed by atoms with Crippen molar-refractivity contribution in [2.75, 3.05) is 0 Å². The molecule has 146 valence electrons. The first-order valence-electron chi connectivity index (χ1n) is 7.56. The van der Waals surface area contributed by atoms with Gasteiger partial charge in [-0.25, -0.2) is 9.97 Å². The summed E-state index contributed by atoms with van der Waals surface area (Å²) in [5, 5.41) is 0.383. The summed E-state index contributed by atoms with van der Waals surface area (Å²) in [4.78, 5) is 20.3. The van der Waals surface area contributed by atoms with Gasteiger partial charge in [0, 0.05) is 35.0 Å². The van der Waals surface area contributed by atoms with E-state index in [1.54, 1.807) is 0 Å². The number of carbonyl (C=O) groups excluding carboxylic acids is 1. The van der Waals surface area contributed by atoms with E-state index in [0.717, 1.165) is 12.3 Å². The number of amides is 1. The molecule has 0 aliphatic heterocycles. The lowest BCUT2D eigenvalue weighted by molar-refractivity contribution is -0.150. The number of nitrogens with one attached hydrogen (secondary N) is 1. The van der Waals surface area contributed by atoms with Gasteiger partial charge in [-0.05, 0) is 29.8 Å². The number of nitrogens with zero attached hydrogens (tertiary/aromatic N) is 2. The predicted molar refractivity (Wildman–Crippen MR) is 87.6 cm³/mol. The van der Waals surface area contributed by atoms with Crippen LogP contribution in [-0.4, -0.2) is 20.9 Å². The Morgan fingerprint density at radius 2 is 1.61 bits per heavy atom. The molecule has 5 nitrogen and oxygen atoms in total. The summed E-state index contributed by atoms with van der Waals surface area (Å²) in [7, 11) is 0. The Morgan fingerprint density at radius 1 is 1.00 bits per heavy atom. The van der Waals surface area contributed by atoms with Gasteiger partial charge in [-0.2, -0.15) is 26.3 Å². The summed E-state index contributed by atoms with van der Waals surface area (Å²) in [6.45, 7) is 0. The Morgan fingerprint density at radius 3 is 2.14 bits per heavy atom. The van der Waals surface area contributed by atoms with Gasteiger partial charge >= 0.3 is 12.4 Å². The van der Waals surface area contributed by atoms with Gasteiger partial charge in [0.05, 0.1) is 0 Å². The number of aromatic nitrogens is 3. The number of alkyl halides is 6. The van der Waals surface area contributed by atoms with Crippen molar-refractivity contribution in [3.8, 4) is 11.1 Å². The molecule has 0 atom stereocenters. The highest BCUT2D eigenvalue weighted by Crippen LogP contribution is 2.36. The second-order valence-electron chi connectivity index (χ2n) is 5.72. The number of hydrogen-bond donors (Lipinski definition) is 2. The number of aromatic amines is 1. The number of carbonyl (C=O) groups is 1. The van der Waals surface area contributed by atoms with Crippen LogP contribution in [0.5, 0.6) is 0 Å². The van der Waals surface area contributed by atoms with Gasteiger partial charge in [0.2, 0.25) is 5.91 Å². The highest BCUT2D eigenvalue weighted by atomic mass is 19.4. The molecular formula is C17H10F6N4O. The van der Waals surface area contributed by atoms with Gasteiger partial charge < -0.3 is 10.7 Å². The maximum atomic E-state index is 13.0. The number of halogens is 6. The molecule has 0 saturated carbocycles. The van der Waals surface area contributed by atoms with Crippen LogP contribution in [0.4, 0.5) is 26.3 Å². The van der Waals surface area contributed by atoms with E-state index >= 15 is 0 Å². The third-order valence-electron chi connectivity index (χ3n) is 3.73. The monoisotopic (exact) mass is 400 g/mol. The van der Waals surface area contributed by atoms with Crippen LogP contribution in [0.15, 0.2) is 36.7 Å². The summed E-state index contributed by atoms with van der Waals surface area (Å²) < 4.78 is 78.0. The lowest BCUT2D eigenvalue weighted by Crippen LogP contribution is -2.15. The van der Waals surface area contributed by atoms with Crippen molar-refractivity contribution in [3.05, 3.63) is 53.6 Å². The van der Waals surface area contributed by atoms with Crippen molar-refractivity contribution in [1.82, 2.24) is 15.0 Å². The van der Waals surface area contributed by atoms with Crippen molar-refractivity contribution in [1.29, 1.82) is 0 Å². The first kappa shape index (κ1) is 19.4. The molecule has 0 aliphatic carbocycles. The fourth-order valence-electron chi connectivity index (χ4n) is 2.48. The number of nitrogens with two attached hydrogens (primary N) is 1. The standard InChI is InChI=1S/C17H10F6N4O/c18-16(19,20)12-4-9(5-13(27-12)17(21,22)23)10-3-11-8(1-2-14(24)28)6-25-15(11)26-7-10/h1-7H,(H2,24,28)(H,25,26). The van der Waals surface area contributed by atoms with Gasteiger partial charge in [0.25, 0.3) is 0 Å². The van der Waals surface area contributed by atoms with E-state index in [9.17, 15) is 31.1 Å². The highest BCUT2D eigenvalue weighted by Gasteiger charge is 2.39. The van der Waals surface area contributed by atoms with Crippen LogP contribution in [0.3, 0.4) is 0 Å². The number of H-pyrrole nitrogens is 1. The summed E-state index contributed by atoms with van der Waals surface area (Å²) >= 11 is 0. The Labute approximate surface area is 152 Å². The van der Waals surface area contributed by atoms with Crippen molar-refractivity contribution in [2.24, 2.45) is 5.73 Å². The number of pyridine rings is 2. The zero-order valence-corrected chi connectivity index (χ0v) is 13.7. The molecule has 3 N–H and O–H groups in total. The van der Waals surface area contributed by atoms with Gasteiger partial charge in [0.15, 0.2) is 0 Å². The van der Waals surface area contributed by atoms with Gasteiger partial charge in [-0.15, -0.1) is 0 Å².